The van der Waals surface area contributed by atoms with Gasteiger partial charge in [0, 0.05) is 32.0 Å². The molecule has 0 aromatic carbocycles. The molecule has 0 saturated heterocycles. The lowest BCUT2D eigenvalue weighted by Gasteiger charge is -2.25. The van der Waals surface area contributed by atoms with Crippen molar-refractivity contribution in [1.29, 1.82) is 0 Å². The molecule has 1 aromatic rings. The number of rotatable bonds is 7. The van der Waals surface area contributed by atoms with Gasteiger partial charge in [-0.2, -0.15) is 17.4 Å². The maximum absolute atomic E-state index is 12.2. The zero-order valence-electron chi connectivity index (χ0n) is 11.8. The molecule has 0 radical (unpaired) electrons. The number of nitrogens with zero attached hydrogens (tertiary/aromatic N) is 3. The van der Waals surface area contributed by atoms with Crippen LogP contribution in [0, 0.1) is 0 Å². The summed E-state index contributed by atoms with van der Waals surface area (Å²) in [7, 11) is -2.30. The van der Waals surface area contributed by atoms with Gasteiger partial charge >= 0.3 is 5.97 Å². The second-order valence-corrected chi connectivity index (χ2v) is 7.01. The van der Waals surface area contributed by atoms with Crippen LogP contribution in [-0.4, -0.2) is 53.0 Å². The van der Waals surface area contributed by atoms with Gasteiger partial charge in [0.05, 0.1) is 18.8 Å². The van der Waals surface area contributed by atoms with Crippen LogP contribution >= 0.6 is 0 Å². The summed E-state index contributed by atoms with van der Waals surface area (Å²) in [6.45, 7) is -0.0485. The van der Waals surface area contributed by atoms with Gasteiger partial charge in [0.15, 0.2) is 0 Å². The minimum atomic E-state index is -3.68. The Kier molecular flexibility index (Phi) is 4.96. The van der Waals surface area contributed by atoms with Crippen LogP contribution in [-0.2, 0) is 15.0 Å². The molecule has 9 heteroatoms. The lowest BCUT2D eigenvalue weighted by molar-refractivity contribution is -0.137. The normalized spacial score (nSPS) is 22.8. The lowest BCUT2D eigenvalue weighted by atomic mass is 10.2. The second-order valence-electron chi connectivity index (χ2n) is 5.20. The molecule has 1 aromatic heterocycles. The summed E-state index contributed by atoms with van der Waals surface area (Å²) in [4.78, 5) is 14.5. The quantitative estimate of drug-likeness (QED) is 0.748. The molecule has 118 valence electrons. The molecule has 1 heterocycles. The Morgan fingerprint density at radius 2 is 2.29 bits per heavy atom. The molecular weight excluding hydrogens is 296 g/mol. The molecule has 1 fully saturated rings. The molecule has 2 N–H and O–H groups in total. The van der Waals surface area contributed by atoms with Gasteiger partial charge in [0.1, 0.15) is 0 Å². The van der Waals surface area contributed by atoms with Crippen molar-refractivity contribution in [2.45, 2.75) is 37.8 Å². The summed E-state index contributed by atoms with van der Waals surface area (Å²) in [5.41, 5.74) is 0. The number of carboxylic acids is 1. The van der Waals surface area contributed by atoms with E-state index in [1.54, 1.807) is 12.5 Å². The van der Waals surface area contributed by atoms with E-state index in [2.05, 4.69) is 9.71 Å². The number of imidazole rings is 1. The highest BCUT2D eigenvalue weighted by molar-refractivity contribution is 7.87. The first kappa shape index (κ1) is 15.9. The van der Waals surface area contributed by atoms with E-state index in [0.717, 1.165) is 23.6 Å². The highest BCUT2D eigenvalue weighted by atomic mass is 32.2. The van der Waals surface area contributed by atoms with Gasteiger partial charge < -0.3 is 9.67 Å². The van der Waals surface area contributed by atoms with Crippen LogP contribution in [0.2, 0.25) is 0 Å². The van der Waals surface area contributed by atoms with Gasteiger partial charge in [0.25, 0.3) is 10.2 Å². The zero-order chi connectivity index (χ0) is 15.5. The molecule has 2 rings (SSSR count). The predicted molar refractivity (Wildman–Crippen MR) is 75.8 cm³/mol. The molecular formula is C12H20N4O4S. The molecule has 2 unspecified atom stereocenters. The van der Waals surface area contributed by atoms with E-state index in [9.17, 15) is 13.2 Å². The zero-order valence-corrected chi connectivity index (χ0v) is 12.7. The third-order valence-corrected chi connectivity index (χ3v) is 5.34. The maximum Gasteiger partial charge on any atom is 0.304 e. The van der Waals surface area contributed by atoms with Crippen molar-refractivity contribution in [2.75, 3.05) is 13.6 Å². The first-order chi connectivity index (χ1) is 9.90. The van der Waals surface area contributed by atoms with E-state index in [0.29, 0.717) is 0 Å². The van der Waals surface area contributed by atoms with Crippen molar-refractivity contribution < 1.29 is 18.3 Å². The predicted octanol–water partition coefficient (Wildman–Crippen LogP) is 0.218. The van der Waals surface area contributed by atoms with Gasteiger partial charge in [-0.25, -0.2) is 4.98 Å². The number of hydrogen-bond acceptors (Lipinski definition) is 4. The molecule has 0 aliphatic heterocycles. The Labute approximate surface area is 124 Å². The standard InChI is InChI=1S/C12H20N4O4S/c1-15(7-5-12(17)18)21(19,20)14-10-3-2-4-11(10)16-8-6-13-9-16/h6,8-11,14H,2-5,7H2,1H3,(H,17,18). The fourth-order valence-electron chi connectivity index (χ4n) is 2.55. The van der Waals surface area contributed by atoms with Crippen molar-refractivity contribution in [1.82, 2.24) is 18.6 Å². The molecule has 0 bridgehead atoms. The number of carboxylic acid groups (broad SMARTS) is 1. The van der Waals surface area contributed by atoms with E-state index >= 15 is 0 Å². The minimum Gasteiger partial charge on any atom is -0.481 e. The Bertz CT molecular complexity index is 572. The summed E-state index contributed by atoms with van der Waals surface area (Å²) in [6, 6.07) is -0.147. The molecule has 2 atom stereocenters. The molecule has 1 saturated carbocycles. The van der Waals surface area contributed by atoms with Crippen LogP contribution in [0.3, 0.4) is 0 Å². The van der Waals surface area contributed by atoms with Crippen molar-refractivity contribution in [3.63, 3.8) is 0 Å². The van der Waals surface area contributed by atoms with E-state index in [1.807, 2.05) is 10.8 Å². The summed E-state index contributed by atoms with van der Waals surface area (Å²) < 4.78 is 30.1. The SMILES string of the molecule is CN(CCC(=O)O)S(=O)(=O)NC1CCCC1n1ccnc1. The largest absolute Gasteiger partial charge is 0.481 e. The van der Waals surface area contributed by atoms with Crippen LogP contribution in [0.1, 0.15) is 31.7 Å². The smallest absolute Gasteiger partial charge is 0.304 e. The van der Waals surface area contributed by atoms with Gasteiger partial charge in [-0.05, 0) is 19.3 Å². The van der Waals surface area contributed by atoms with Crippen molar-refractivity contribution in [3.05, 3.63) is 18.7 Å². The number of hydrogen-bond donors (Lipinski definition) is 2. The molecule has 21 heavy (non-hydrogen) atoms. The third-order valence-electron chi connectivity index (χ3n) is 3.74. The van der Waals surface area contributed by atoms with Gasteiger partial charge in [0.2, 0.25) is 0 Å². The number of carbonyl (C=O) groups is 1. The molecule has 1 aliphatic carbocycles. The highest BCUT2D eigenvalue weighted by Gasteiger charge is 2.33. The van der Waals surface area contributed by atoms with Crippen LogP contribution < -0.4 is 4.72 Å². The average Bonchev–Trinajstić information content (AvgIpc) is 3.05. The molecule has 0 spiro atoms. The number of aliphatic carboxylic acids is 1. The van der Waals surface area contributed by atoms with Crippen molar-refractivity contribution >= 4 is 16.2 Å². The highest BCUT2D eigenvalue weighted by Crippen LogP contribution is 2.30. The van der Waals surface area contributed by atoms with E-state index in [1.165, 1.54) is 7.05 Å². The first-order valence-corrected chi connectivity index (χ1v) is 8.27. The molecule has 1 aliphatic rings. The second kappa shape index (κ2) is 6.54. The Balaban J connectivity index is 2.00. The first-order valence-electron chi connectivity index (χ1n) is 6.83. The molecule has 0 amide bonds. The maximum atomic E-state index is 12.2. The topological polar surface area (TPSA) is 105 Å². The summed E-state index contributed by atoms with van der Waals surface area (Å²) in [5.74, 6) is -1.02. The Morgan fingerprint density at radius 3 is 2.90 bits per heavy atom. The van der Waals surface area contributed by atoms with Crippen LogP contribution in [0.5, 0.6) is 0 Å². The van der Waals surface area contributed by atoms with Gasteiger partial charge in [-0.1, -0.05) is 0 Å². The van der Waals surface area contributed by atoms with Gasteiger partial charge in [-0.15, -0.1) is 0 Å². The van der Waals surface area contributed by atoms with Crippen LogP contribution in [0.4, 0.5) is 0 Å². The van der Waals surface area contributed by atoms with Crippen molar-refractivity contribution in [3.8, 4) is 0 Å². The van der Waals surface area contributed by atoms with Crippen molar-refractivity contribution in [2.24, 2.45) is 0 Å². The Hall–Kier alpha value is -1.45. The van der Waals surface area contributed by atoms with E-state index in [4.69, 9.17) is 5.11 Å². The fraction of sp³-hybridized carbons (Fsp3) is 0.667. The fourth-order valence-corrected chi connectivity index (χ4v) is 3.72. The average molecular weight is 316 g/mol. The Morgan fingerprint density at radius 1 is 1.52 bits per heavy atom. The van der Waals surface area contributed by atoms with Crippen LogP contribution in [0.25, 0.3) is 0 Å². The van der Waals surface area contributed by atoms with Crippen LogP contribution in [0.15, 0.2) is 18.7 Å². The summed E-state index contributed by atoms with van der Waals surface area (Å²) in [6.07, 6.45) is 7.55. The summed E-state index contributed by atoms with van der Waals surface area (Å²) in [5, 5.41) is 8.63. The third kappa shape index (κ3) is 4.02. The van der Waals surface area contributed by atoms with E-state index in [-0.39, 0.29) is 25.0 Å². The lowest BCUT2D eigenvalue weighted by Crippen LogP contribution is -2.45. The summed E-state index contributed by atoms with van der Waals surface area (Å²) >= 11 is 0. The number of aromatic nitrogens is 2. The van der Waals surface area contributed by atoms with E-state index < -0.39 is 16.2 Å². The molecule has 8 nitrogen and oxygen atoms in total. The number of nitrogens with one attached hydrogen (secondary N) is 1. The monoisotopic (exact) mass is 316 g/mol. The van der Waals surface area contributed by atoms with Gasteiger partial charge in [-0.3, -0.25) is 4.79 Å². The minimum absolute atomic E-state index is 0.0485.